The molecule has 0 aromatic carbocycles. The van der Waals surface area contributed by atoms with Crippen molar-refractivity contribution in [2.24, 2.45) is 0 Å². The van der Waals surface area contributed by atoms with Crippen molar-refractivity contribution in [2.75, 3.05) is 26.9 Å². The van der Waals surface area contributed by atoms with Crippen molar-refractivity contribution in [3.63, 3.8) is 0 Å². The van der Waals surface area contributed by atoms with Gasteiger partial charge in [-0.1, -0.05) is 18.8 Å². The Morgan fingerprint density at radius 3 is 1.46 bits per heavy atom. The van der Waals surface area contributed by atoms with Gasteiger partial charge in [0.2, 0.25) is 0 Å². The quantitative estimate of drug-likeness (QED) is 0.176. The minimum Gasteiger partial charge on any atom is -0.857 e. The predicted octanol–water partition coefficient (Wildman–Crippen LogP) is -5.27. The number of carbonyl (C=O) groups excluding carboxylic acids is 1. The van der Waals surface area contributed by atoms with Gasteiger partial charge >= 0.3 is 35.5 Å². The Balaban J connectivity index is -0.0000000864. The second-order valence-electron chi connectivity index (χ2n) is 4.32. The van der Waals surface area contributed by atoms with Crippen LogP contribution >= 0.6 is 0 Å². The summed E-state index contributed by atoms with van der Waals surface area (Å²) in [4.78, 5) is 19.3. The Labute approximate surface area is 176 Å². The number of aliphatic hydroxyl groups excluding tert-OH is 2. The molecule has 0 fully saturated rings. The van der Waals surface area contributed by atoms with E-state index in [-0.39, 0.29) is 36.2 Å². The van der Waals surface area contributed by atoms with Gasteiger partial charge in [0.25, 0.3) is 5.97 Å². The van der Waals surface area contributed by atoms with Crippen LogP contribution in [0.5, 0.6) is 0 Å². The molecule has 10 heteroatoms. The monoisotopic (exact) mass is 386 g/mol. The van der Waals surface area contributed by atoms with E-state index in [0.717, 1.165) is 14.0 Å². The zero-order chi connectivity index (χ0) is 21.1. The zero-order valence-corrected chi connectivity index (χ0v) is 17.9. The molecule has 0 heterocycles. The van der Waals surface area contributed by atoms with Crippen molar-refractivity contribution in [3.8, 4) is 24.7 Å². The molecular formula is C16H27NaO9. The van der Waals surface area contributed by atoms with Gasteiger partial charge in [-0.2, -0.15) is 7.11 Å². The SMILES string of the molecule is C#CC(O)(CC)COC(C)=O.C#CC(O)(CO)CO.CC(=O)O.C[O-].[Na+]. The van der Waals surface area contributed by atoms with Crippen molar-refractivity contribution in [2.45, 2.75) is 38.4 Å². The van der Waals surface area contributed by atoms with Gasteiger partial charge in [-0.05, 0) is 6.42 Å². The minimum absolute atomic E-state index is 0. The number of esters is 1. The smallest absolute Gasteiger partial charge is 0.857 e. The average molecular weight is 386 g/mol. The topological polar surface area (TPSA) is 168 Å². The van der Waals surface area contributed by atoms with E-state index in [9.17, 15) is 9.90 Å². The summed E-state index contributed by atoms with van der Waals surface area (Å²) in [5, 5.41) is 50.2. The average Bonchev–Trinajstić information content (AvgIpc) is 2.60. The molecule has 146 valence electrons. The Kier molecular flexibility index (Phi) is 30.2. The Bertz CT molecular complexity index is 432. The molecule has 1 unspecified atom stereocenters. The molecule has 0 saturated carbocycles. The second kappa shape index (κ2) is 21.9. The standard InChI is InChI=1S/C8H12O3.C5H8O3.C2H4O2.CH3O.Na/c1-4-8(10,5-2)6-11-7(3)9;1-2-5(8,3-6)4-7;1-2(3)4;1-2;/h1,10H,5-6H2,2-3H3;1,6-8H,3-4H2;1H3,(H,3,4);1H3;/q;;;-1;+1. The van der Waals surface area contributed by atoms with Crippen LogP contribution in [0.3, 0.4) is 0 Å². The van der Waals surface area contributed by atoms with Crippen molar-refractivity contribution in [1.82, 2.24) is 0 Å². The minimum atomic E-state index is -1.74. The second-order valence-corrected chi connectivity index (χ2v) is 4.32. The number of carboxylic acid groups (broad SMARTS) is 1. The number of ether oxygens (including phenoxy) is 1. The van der Waals surface area contributed by atoms with Gasteiger partial charge < -0.3 is 35.4 Å². The van der Waals surface area contributed by atoms with Crippen LogP contribution in [-0.2, 0) is 14.3 Å². The number of aliphatic carboxylic acids is 1. The van der Waals surface area contributed by atoms with E-state index in [2.05, 4.69) is 10.7 Å². The van der Waals surface area contributed by atoms with Crippen LogP contribution in [-0.4, -0.2) is 75.6 Å². The first-order valence-electron chi connectivity index (χ1n) is 6.81. The third-order valence-electron chi connectivity index (χ3n) is 2.16. The maximum absolute atomic E-state index is 10.3. The summed E-state index contributed by atoms with van der Waals surface area (Å²) in [6.07, 6.45) is 10.1. The zero-order valence-electron chi connectivity index (χ0n) is 15.9. The van der Waals surface area contributed by atoms with E-state index in [4.69, 9.17) is 43.2 Å². The first-order chi connectivity index (χ1) is 11.5. The third kappa shape index (κ3) is 27.7. The number of terminal acetylenes is 2. The predicted molar refractivity (Wildman–Crippen MR) is 87.9 cm³/mol. The summed E-state index contributed by atoms with van der Waals surface area (Å²) in [6.45, 7) is 2.73. The summed E-state index contributed by atoms with van der Waals surface area (Å²) < 4.78 is 4.56. The molecule has 1 atom stereocenters. The summed E-state index contributed by atoms with van der Waals surface area (Å²) in [6, 6.07) is 0. The molecule has 0 bridgehead atoms. The fraction of sp³-hybridized carbons (Fsp3) is 0.625. The summed E-state index contributed by atoms with van der Waals surface area (Å²) in [7, 11) is 0.750. The largest absolute Gasteiger partial charge is 1.00 e. The van der Waals surface area contributed by atoms with Crippen LogP contribution in [0, 0.1) is 24.7 Å². The van der Waals surface area contributed by atoms with E-state index < -0.39 is 36.4 Å². The van der Waals surface area contributed by atoms with Crippen LogP contribution in [0.25, 0.3) is 0 Å². The van der Waals surface area contributed by atoms with Crippen molar-refractivity contribution >= 4 is 11.9 Å². The molecule has 0 radical (unpaired) electrons. The number of carboxylic acids is 1. The molecule has 0 spiro atoms. The number of hydrogen-bond donors (Lipinski definition) is 5. The Morgan fingerprint density at radius 2 is 1.35 bits per heavy atom. The Morgan fingerprint density at radius 1 is 1.04 bits per heavy atom. The van der Waals surface area contributed by atoms with Crippen molar-refractivity contribution in [1.29, 1.82) is 0 Å². The summed E-state index contributed by atoms with van der Waals surface area (Å²) in [5.74, 6) is 2.72. The molecular weight excluding hydrogens is 359 g/mol. The van der Waals surface area contributed by atoms with Crippen LogP contribution in [0.4, 0.5) is 0 Å². The number of rotatable bonds is 5. The molecule has 0 aliphatic carbocycles. The van der Waals surface area contributed by atoms with E-state index in [1.54, 1.807) is 6.92 Å². The van der Waals surface area contributed by atoms with Gasteiger partial charge in [-0.15, -0.1) is 12.8 Å². The van der Waals surface area contributed by atoms with Crippen LogP contribution in [0.2, 0.25) is 0 Å². The van der Waals surface area contributed by atoms with Gasteiger partial charge in [-0.3, -0.25) is 9.59 Å². The summed E-state index contributed by atoms with van der Waals surface area (Å²) >= 11 is 0. The third-order valence-corrected chi connectivity index (χ3v) is 2.16. The van der Waals surface area contributed by atoms with Gasteiger partial charge in [0.1, 0.15) is 6.61 Å². The number of aliphatic hydroxyl groups is 4. The first kappa shape index (κ1) is 35.9. The van der Waals surface area contributed by atoms with Gasteiger partial charge in [0, 0.05) is 13.8 Å². The maximum atomic E-state index is 10.3. The van der Waals surface area contributed by atoms with E-state index in [0.29, 0.717) is 6.42 Å². The molecule has 0 rings (SSSR count). The van der Waals surface area contributed by atoms with Crippen LogP contribution < -0.4 is 34.7 Å². The van der Waals surface area contributed by atoms with Gasteiger partial charge in [-0.25, -0.2) is 0 Å². The molecule has 0 aromatic rings. The molecule has 0 aromatic heterocycles. The fourth-order valence-corrected chi connectivity index (χ4v) is 0.608. The van der Waals surface area contributed by atoms with E-state index >= 15 is 0 Å². The van der Waals surface area contributed by atoms with Crippen LogP contribution in [0.1, 0.15) is 27.2 Å². The van der Waals surface area contributed by atoms with Gasteiger partial charge in [0.05, 0.1) is 13.2 Å². The van der Waals surface area contributed by atoms with E-state index in [1.165, 1.54) is 6.92 Å². The van der Waals surface area contributed by atoms with Crippen molar-refractivity contribution in [3.05, 3.63) is 0 Å². The molecule has 0 aliphatic heterocycles. The van der Waals surface area contributed by atoms with Crippen molar-refractivity contribution < 1.29 is 74.5 Å². The van der Waals surface area contributed by atoms with Gasteiger partial charge in [0.15, 0.2) is 11.2 Å². The normalized spacial score (nSPS) is 10.7. The molecule has 26 heavy (non-hydrogen) atoms. The molecule has 0 amide bonds. The first-order valence-corrected chi connectivity index (χ1v) is 6.81. The van der Waals surface area contributed by atoms with Crippen LogP contribution in [0.15, 0.2) is 0 Å². The maximum Gasteiger partial charge on any atom is 1.00 e. The fourth-order valence-electron chi connectivity index (χ4n) is 0.608. The number of hydrogen-bond acceptors (Lipinski definition) is 8. The summed E-state index contributed by atoms with van der Waals surface area (Å²) in [5.41, 5.74) is -3.04. The van der Waals surface area contributed by atoms with E-state index in [1.807, 2.05) is 5.92 Å². The molecule has 5 N–H and O–H groups in total. The molecule has 0 aliphatic rings. The molecule has 0 saturated heterocycles. The molecule has 9 nitrogen and oxygen atoms in total. The number of carbonyl (C=O) groups is 2. The Hall–Kier alpha value is -1.14.